The van der Waals surface area contributed by atoms with Crippen LogP contribution in [-0.4, -0.2) is 0 Å². The smallest absolute Gasteiger partial charge is 0.0995 e. The van der Waals surface area contributed by atoms with E-state index >= 15 is 0 Å². The van der Waals surface area contributed by atoms with E-state index in [2.05, 4.69) is 27.3 Å². The van der Waals surface area contributed by atoms with Gasteiger partial charge in [-0.2, -0.15) is 5.26 Å². The lowest BCUT2D eigenvalue weighted by molar-refractivity contribution is 1.14. The first-order valence-electron chi connectivity index (χ1n) is 5.49. The zero-order valence-electron chi connectivity index (χ0n) is 9.75. The minimum Gasteiger partial charge on any atom is -0.380 e. The van der Waals surface area contributed by atoms with Crippen molar-refractivity contribution >= 4 is 44.8 Å². The summed E-state index contributed by atoms with van der Waals surface area (Å²) in [5.74, 6) is 0. The van der Waals surface area contributed by atoms with E-state index in [9.17, 15) is 0 Å². The molecule has 5 heteroatoms. The van der Waals surface area contributed by atoms with Crippen LogP contribution in [0.25, 0.3) is 0 Å². The third-order valence-electron chi connectivity index (χ3n) is 2.64. The molecule has 0 amide bonds. The summed E-state index contributed by atoms with van der Waals surface area (Å²) in [5, 5.41) is 13.1. The predicted molar refractivity (Wildman–Crippen MR) is 82.6 cm³/mol. The van der Waals surface area contributed by atoms with Crippen molar-refractivity contribution in [2.24, 2.45) is 0 Å². The molecule has 19 heavy (non-hydrogen) atoms. The first kappa shape index (κ1) is 14.2. The standard InChI is InChI=1S/C14H9BrCl2N2/c15-11-5-6-12(14(17)13(11)16)19-8-10-4-2-1-3-9(10)7-18/h1-6,19H,8H2. The molecule has 0 aromatic heterocycles. The fourth-order valence-corrected chi connectivity index (χ4v) is 2.48. The largest absolute Gasteiger partial charge is 0.380 e. The maximum Gasteiger partial charge on any atom is 0.0995 e. The highest BCUT2D eigenvalue weighted by atomic mass is 79.9. The topological polar surface area (TPSA) is 35.8 Å². The highest BCUT2D eigenvalue weighted by Crippen LogP contribution is 2.36. The van der Waals surface area contributed by atoms with Crippen LogP contribution in [-0.2, 0) is 6.54 Å². The third kappa shape index (κ3) is 3.22. The highest BCUT2D eigenvalue weighted by Gasteiger charge is 2.08. The molecule has 0 aliphatic carbocycles. The third-order valence-corrected chi connectivity index (χ3v) is 4.41. The van der Waals surface area contributed by atoms with Crippen LogP contribution in [0, 0.1) is 11.3 Å². The monoisotopic (exact) mass is 354 g/mol. The van der Waals surface area contributed by atoms with Gasteiger partial charge in [0.05, 0.1) is 27.4 Å². The molecule has 0 aliphatic rings. The van der Waals surface area contributed by atoms with Crippen molar-refractivity contribution in [3.05, 3.63) is 62.0 Å². The minimum absolute atomic E-state index is 0.463. The lowest BCUT2D eigenvalue weighted by atomic mass is 10.1. The molecule has 0 atom stereocenters. The second kappa shape index (κ2) is 6.29. The summed E-state index contributed by atoms with van der Waals surface area (Å²) in [6, 6.07) is 13.3. The molecule has 0 bridgehead atoms. The van der Waals surface area contributed by atoms with Gasteiger partial charge in [-0.25, -0.2) is 0 Å². The van der Waals surface area contributed by atoms with Crippen LogP contribution >= 0.6 is 39.1 Å². The number of nitrogens with one attached hydrogen (secondary N) is 1. The van der Waals surface area contributed by atoms with Crippen molar-refractivity contribution in [2.75, 3.05) is 5.32 Å². The Kier molecular flexibility index (Phi) is 4.71. The van der Waals surface area contributed by atoms with E-state index in [1.165, 1.54) is 0 Å². The fraction of sp³-hybridized carbons (Fsp3) is 0.0714. The van der Waals surface area contributed by atoms with Gasteiger partial charge in [0.25, 0.3) is 0 Å². The van der Waals surface area contributed by atoms with Crippen LogP contribution < -0.4 is 5.32 Å². The molecule has 1 N–H and O–H groups in total. The summed E-state index contributed by atoms with van der Waals surface area (Å²) in [6.45, 7) is 0.515. The van der Waals surface area contributed by atoms with Gasteiger partial charge in [0.1, 0.15) is 0 Å². The Morgan fingerprint density at radius 1 is 1.11 bits per heavy atom. The number of hydrogen-bond acceptors (Lipinski definition) is 2. The molecular formula is C14H9BrCl2N2. The van der Waals surface area contributed by atoms with Crippen molar-refractivity contribution in [3.63, 3.8) is 0 Å². The average molecular weight is 356 g/mol. The summed E-state index contributed by atoms with van der Waals surface area (Å²) >= 11 is 15.5. The van der Waals surface area contributed by atoms with Gasteiger partial charge in [-0.05, 0) is 39.7 Å². The summed E-state index contributed by atoms with van der Waals surface area (Å²) in [4.78, 5) is 0. The summed E-state index contributed by atoms with van der Waals surface area (Å²) < 4.78 is 0.752. The summed E-state index contributed by atoms with van der Waals surface area (Å²) in [6.07, 6.45) is 0. The molecule has 0 saturated heterocycles. The Balaban J connectivity index is 2.20. The summed E-state index contributed by atoms with van der Waals surface area (Å²) in [5.41, 5.74) is 2.30. The number of anilines is 1. The van der Waals surface area contributed by atoms with Crippen LogP contribution in [0.5, 0.6) is 0 Å². The molecular weight excluding hydrogens is 347 g/mol. The molecule has 2 aromatic rings. The second-order valence-corrected chi connectivity index (χ2v) is 5.46. The molecule has 96 valence electrons. The van der Waals surface area contributed by atoms with Gasteiger partial charge >= 0.3 is 0 Å². The van der Waals surface area contributed by atoms with Crippen LogP contribution in [0.2, 0.25) is 10.0 Å². The van der Waals surface area contributed by atoms with Gasteiger partial charge < -0.3 is 5.32 Å². The Bertz CT molecular complexity index is 650. The number of rotatable bonds is 3. The molecule has 0 radical (unpaired) electrons. The number of nitriles is 1. The van der Waals surface area contributed by atoms with Gasteiger partial charge in [-0.15, -0.1) is 0 Å². The van der Waals surface area contributed by atoms with Crippen molar-refractivity contribution in [1.82, 2.24) is 0 Å². The molecule has 0 fully saturated rings. The predicted octanol–water partition coefficient (Wildman–Crippen LogP) is 5.24. The lowest BCUT2D eigenvalue weighted by Crippen LogP contribution is -2.02. The average Bonchev–Trinajstić information content (AvgIpc) is 2.44. The number of halogens is 3. The van der Waals surface area contributed by atoms with Gasteiger partial charge in [-0.1, -0.05) is 41.4 Å². The van der Waals surface area contributed by atoms with E-state index in [1.807, 2.05) is 30.3 Å². The molecule has 0 saturated carbocycles. The molecule has 2 aromatic carbocycles. The number of hydrogen-bond donors (Lipinski definition) is 1. The van der Waals surface area contributed by atoms with Crippen LogP contribution in [0.3, 0.4) is 0 Å². The second-order valence-electron chi connectivity index (χ2n) is 3.85. The van der Waals surface area contributed by atoms with Crippen molar-refractivity contribution in [2.45, 2.75) is 6.54 Å². The van der Waals surface area contributed by atoms with E-state index in [4.69, 9.17) is 28.5 Å². The normalized spacial score (nSPS) is 10.0. The lowest BCUT2D eigenvalue weighted by Gasteiger charge is -2.11. The Labute approximate surface area is 130 Å². The van der Waals surface area contributed by atoms with Gasteiger partial charge in [0, 0.05) is 11.0 Å². The molecule has 0 aliphatic heterocycles. The molecule has 0 heterocycles. The number of nitrogens with zero attached hydrogens (tertiary/aromatic N) is 1. The maximum absolute atomic E-state index is 9.02. The van der Waals surface area contributed by atoms with Crippen molar-refractivity contribution in [1.29, 1.82) is 5.26 Å². The molecule has 0 spiro atoms. The SMILES string of the molecule is N#Cc1ccccc1CNc1ccc(Br)c(Cl)c1Cl. The fourth-order valence-electron chi connectivity index (χ4n) is 1.64. The van der Waals surface area contributed by atoms with E-state index in [1.54, 1.807) is 6.07 Å². The maximum atomic E-state index is 9.02. The van der Waals surface area contributed by atoms with Crippen molar-refractivity contribution < 1.29 is 0 Å². The van der Waals surface area contributed by atoms with Gasteiger partial charge in [0.15, 0.2) is 0 Å². The van der Waals surface area contributed by atoms with Crippen LogP contribution in [0.1, 0.15) is 11.1 Å². The first-order chi connectivity index (χ1) is 9.13. The zero-order valence-corrected chi connectivity index (χ0v) is 12.9. The molecule has 0 unspecified atom stereocenters. The quantitative estimate of drug-likeness (QED) is 0.764. The molecule has 2 nitrogen and oxygen atoms in total. The molecule has 2 rings (SSSR count). The van der Waals surface area contributed by atoms with Crippen LogP contribution in [0.15, 0.2) is 40.9 Å². The van der Waals surface area contributed by atoms with E-state index in [-0.39, 0.29) is 0 Å². The Morgan fingerprint density at radius 3 is 2.58 bits per heavy atom. The zero-order chi connectivity index (χ0) is 13.8. The van der Waals surface area contributed by atoms with E-state index in [0.29, 0.717) is 22.2 Å². The Hall–Kier alpha value is -1.21. The van der Waals surface area contributed by atoms with Gasteiger partial charge in [-0.3, -0.25) is 0 Å². The minimum atomic E-state index is 0.463. The van der Waals surface area contributed by atoms with Gasteiger partial charge in [0.2, 0.25) is 0 Å². The van der Waals surface area contributed by atoms with E-state index < -0.39 is 0 Å². The Morgan fingerprint density at radius 2 is 1.84 bits per heavy atom. The van der Waals surface area contributed by atoms with Crippen LogP contribution in [0.4, 0.5) is 5.69 Å². The first-order valence-corrected chi connectivity index (χ1v) is 7.03. The number of benzene rings is 2. The van der Waals surface area contributed by atoms with Crippen molar-refractivity contribution in [3.8, 4) is 6.07 Å². The highest BCUT2D eigenvalue weighted by molar-refractivity contribution is 9.10. The summed E-state index contributed by atoms with van der Waals surface area (Å²) in [7, 11) is 0. The van der Waals surface area contributed by atoms with E-state index in [0.717, 1.165) is 15.7 Å².